The van der Waals surface area contributed by atoms with Gasteiger partial charge in [0.25, 0.3) is 0 Å². The van der Waals surface area contributed by atoms with Crippen molar-refractivity contribution in [2.45, 2.75) is 0 Å². The van der Waals surface area contributed by atoms with E-state index in [1.54, 1.807) is 12.1 Å². The van der Waals surface area contributed by atoms with Crippen LogP contribution in [0.4, 0.5) is 5.69 Å². The second kappa shape index (κ2) is 8.08. The highest BCUT2D eigenvalue weighted by atomic mass is 35.5. The van der Waals surface area contributed by atoms with Crippen LogP contribution in [0.3, 0.4) is 0 Å². The average molecular weight is 433 g/mol. The van der Waals surface area contributed by atoms with E-state index < -0.39 is 11.7 Å². The first-order valence-electron chi connectivity index (χ1n) is 7.47. The first-order valence-corrected chi connectivity index (χ1v) is 8.60. The van der Waals surface area contributed by atoms with Gasteiger partial charge in [0.2, 0.25) is 5.75 Å². The molecule has 0 saturated carbocycles. The number of hydrogen-bond acceptors (Lipinski definition) is 7. The molecule has 142 valence electrons. The molecule has 0 fully saturated rings. The van der Waals surface area contributed by atoms with Crippen LogP contribution in [0.1, 0.15) is 16.1 Å². The third kappa shape index (κ3) is 3.97. The lowest BCUT2D eigenvalue weighted by Crippen LogP contribution is -2.16. The number of hydrogen-bond donors (Lipinski definition) is 2. The number of carboxylic acids is 1. The summed E-state index contributed by atoms with van der Waals surface area (Å²) in [6, 6.07) is 3.41. The Hall–Kier alpha value is -2.42. The number of nitrogens with one attached hydrogen (secondary N) is 1. The molecule has 27 heavy (non-hydrogen) atoms. The van der Waals surface area contributed by atoms with E-state index >= 15 is 0 Å². The van der Waals surface area contributed by atoms with Crippen molar-refractivity contribution < 1.29 is 24.1 Å². The lowest BCUT2D eigenvalue weighted by molar-refractivity contribution is 0.0691. The highest BCUT2D eigenvalue weighted by Crippen LogP contribution is 2.40. The van der Waals surface area contributed by atoms with Crippen molar-refractivity contribution in [2.24, 2.45) is 5.10 Å². The zero-order valence-electron chi connectivity index (χ0n) is 13.8. The zero-order valence-corrected chi connectivity index (χ0v) is 16.0. The van der Waals surface area contributed by atoms with E-state index in [0.29, 0.717) is 36.0 Å². The Kier molecular flexibility index (Phi) is 5.79. The third-order valence-corrected chi connectivity index (χ3v) is 4.59. The summed E-state index contributed by atoms with van der Waals surface area (Å²) in [4.78, 5) is 14.8. The second-order valence-electron chi connectivity index (χ2n) is 5.18. The fraction of sp³-hybridized carbons (Fsp3) is 0.188. The number of halogens is 3. The van der Waals surface area contributed by atoms with E-state index in [4.69, 9.17) is 54.1 Å². The Morgan fingerprint density at radius 3 is 2.74 bits per heavy atom. The maximum Gasteiger partial charge on any atom is 0.356 e. The fourth-order valence-electron chi connectivity index (χ4n) is 2.29. The van der Waals surface area contributed by atoms with E-state index in [0.717, 1.165) is 0 Å². The Morgan fingerprint density at radius 1 is 1.30 bits per heavy atom. The smallest absolute Gasteiger partial charge is 0.356 e. The monoisotopic (exact) mass is 431 g/mol. The van der Waals surface area contributed by atoms with Crippen LogP contribution in [0, 0.1) is 0 Å². The number of fused-ring (bicyclic) bond motifs is 1. The molecule has 0 spiro atoms. The number of hydrazone groups is 1. The summed E-state index contributed by atoms with van der Waals surface area (Å²) < 4.78 is 16.4. The molecule has 1 aromatic carbocycles. The van der Waals surface area contributed by atoms with Crippen molar-refractivity contribution in [3.63, 3.8) is 0 Å². The van der Waals surface area contributed by atoms with Gasteiger partial charge in [-0.2, -0.15) is 5.10 Å². The average Bonchev–Trinajstić information content (AvgIpc) is 2.66. The number of pyridine rings is 1. The van der Waals surface area contributed by atoms with Crippen LogP contribution >= 0.6 is 34.8 Å². The molecule has 0 amide bonds. The molecule has 2 heterocycles. The summed E-state index contributed by atoms with van der Waals surface area (Å²) in [5.41, 5.74) is 2.81. The van der Waals surface area contributed by atoms with Crippen molar-refractivity contribution in [2.75, 3.05) is 25.7 Å². The van der Waals surface area contributed by atoms with Crippen molar-refractivity contribution in [1.82, 2.24) is 4.98 Å². The third-order valence-electron chi connectivity index (χ3n) is 3.48. The van der Waals surface area contributed by atoms with Gasteiger partial charge < -0.3 is 19.3 Å². The van der Waals surface area contributed by atoms with Gasteiger partial charge in [0.05, 0.1) is 19.0 Å². The molecule has 0 radical (unpaired) electrons. The summed E-state index contributed by atoms with van der Waals surface area (Å²) >= 11 is 17.9. The van der Waals surface area contributed by atoms with Crippen LogP contribution in [-0.4, -0.2) is 42.6 Å². The minimum Gasteiger partial charge on any atom is -0.493 e. The van der Waals surface area contributed by atoms with Crippen LogP contribution in [-0.2, 0) is 0 Å². The molecule has 1 aliphatic rings. The Bertz CT molecular complexity index is 919. The predicted octanol–water partition coefficient (Wildman–Crippen LogP) is 3.97. The molecule has 0 aliphatic carbocycles. The van der Waals surface area contributed by atoms with Crippen LogP contribution < -0.4 is 19.6 Å². The summed E-state index contributed by atoms with van der Waals surface area (Å²) in [5.74, 6) is 0.192. The van der Waals surface area contributed by atoms with E-state index in [-0.39, 0.29) is 20.9 Å². The summed E-state index contributed by atoms with van der Waals surface area (Å²) in [7, 11) is 1.51. The van der Waals surface area contributed by atoms with E-state index in [1.807, 2.05) is 0 Å². The second-order valence-corrected chi connectivity index (χ2v) is 6.29. The molecule has 0 unspecified atom stereocenters. The van der Waals surface area contributed by atoms with E-state index in [1.165, 1.54) is 13.3 Å². The lowest BCUT2D eigenvalue weighted by Gasteiger charge is -2.20. The first-order chi connectivity index (χ1) is 12.9. The minimum atomic E-state index is -1.35. The molecule has 1 aromatic heterocycles. The van der Waals surface area contributed by atoms with Crippen molar-refractivity contribution in [3.05, 3.63) is 38.6 Å². The van der Waals surface area contributed by atoms with Gasteiger partial charge in [-0.3, -0.25) is 5.43 Å². The standard InChI is InChI=1S/C16H12Cl3N3O5/c1-25-8-4-7(5-9-14(8)27-3-2-26-9)6-20-22-12-10(17)13(16(23)24)21-15(19)11(12)18/h4-6H,2-3H2,1H3,(H,21,22)(H,23,24). The molecule has 0 atom stereocenters. The molecule has 8 nitrogen and oxygen atoms in total. The van der Waals surface area contributed by atoms with E-state index in [9.17, 15) is 4.79 Å². The molecule has 11 heteroatoms. The Balaban J connectivity index is 1.89. The maximum absolute atomic E-state index is 11.2. The van der Waals surface area contributed by atoms with Gasteiger partial charge in [0.15, 0.2) is 22.3 Å². The summed E-state index contributed by atoms with van der Waals surface area (Å²) in [5, 5.41) is 12.7. The van der Waals surface area contributed by atoms with Gasteiger partial charge in [0, 0.05) is 5.56 Å². The number of anilines is 1. The molecular weight excluding hydrogens is 421 g/mol. The molecule has 0 saturated heterocycles. The Morgan fingerprint density at radius 2 is 2.04 bits per heavy atom. The molecular formula is C16H12Cl3N3O5. The number of methoxy groups -OCH3 is 1. The summed E-state index contributed by atoms with van der Waals surface area (Å²) in [6.45, 7) is 0.859. The Labute approximate surface area is 168 Å². The highest BCUT2D eigenvalue weighted by Gasteiger charge is 2.21. The molecule has 1 aliphatic heterocycles. The van der Waals surface area contributed by atoms with Crippen LogP contribution in [0.25, 0.3) is 0 Å². The lowest BCUT2D eigenvalue weighted by atomic mass is 10.2. The number of carbonyl (C=O) groups is 1. The van der Waals surface area contributed by atoms with Gasteiger partial charge >= 0.3 is 5.97 Å². The topological polar surface area (TPSA) is 102 Å². The number of aromatic nitrogens is 1. The van der Waals surface area contributed by atoms with Crippen LogP contribution in [0.2, 0.25) is 15.2 Å². The van der Waals surface area contributed by atoms with Gasteiger partial charge in [-0.15, -0.1) is 0 Å². The van der Waals surface area contributed by atoms with Gasteiger partial charge in [-0.25, -0.2) is 9.78 Å². The fourth-order valence-corrected chi connectivity index (χ4v) is 2.96. The summed E-state index contributed by atoms with van der Waals surface area (Å²) in [6.07, 6.45) is 1.45. The quantitative estimate of drug-likeness (QED) is 0.419. The van der Waals surface area contributed by atoms with E-state index in [2.05, 4.69) is 15.5 Å². The number of nitrogens with zero attached hydrogens (tertiary/aromatic N) is 2. The minimum absolute atomic E-state index is 0.0245. The molecule has 2 N–H and O–H groups in total. The van der Waals surface area contributed by atoms with Gasteiger partial charge in [0.1, 0.15) is 23.3 Å². The van der Waals surface area contributed by atoms with Crippen molar-refractivity contribution in [3.8, 4) is 17.2 Å². The maximum atomic E-state index is 11.2. The van der Waals surface area contributed by atoms with Crippen molar-refractivity contribution >= 4 is 52.7 Å². The number of carboxylic acid groups (broad SMARTS) is 1. The molecule has 3 rings (SSSR count). The largest absolute Gasteiger partial charge is 0.493 e. The highest BCUT2D eigenvalue weighted by molar-refractivity contribution is 6.46. The normalized spacial score (nSPS) is 12.9. The number of ether oxygens (including phenoxy) is 3. The number of benzene rings is 1. The predicted molar refractivity (Wildman–Crippen MR) is 101 cm³/mol. The number of aromatic carboxylic acids is 1. The molecule has 2 aromatic rings. The van der Waals surface area contributed by atoms with Gasteiger partial charge in [-0.05, 0) is 12.1 Å². The van der Waals surface area contributed by atoms with Crippen LogP contribution in [0.5, 0.6) is 17.2 Å². The molecule has 0 bridgehead atoms. The first kappa shape index (κ1) is 19.3. The SMILES string of the molecule is COc1cc(C=NNc2c(Cl)c(Cl)nc(C(=O)O)c2Cl)cc2c1OCCO2. The number of rotatable bonds is 5. The van der Waals surface area contributed by atoms with Gasteiger partial charge in [-0.1, -0.05) is 34.8 Å². The zero-order chi connectivity index (χ0) is 19.6. The van der Waals surface area contributed by atoms with Crippen LogP contribution in [0.15, 0.2) is 17.2 Å². The van der Waals surface area contributed by atoms with Crippen molar-refractivity contribution in [1.29, 1.82) is 0 Å².